The molecular formula is C38H41BrClN3O5S. The zero-order chi connectivity index (χ0) is 34.8. The van der Waals surface area contributed by atoms with Gasteiger partial charge >= 0.3 is 0 Å². The summed E-state index contributed by atoms with van der Waals surface area (Å²) in [4.78, 5) is 30.6. The molecule has 0 unspecified atom stereocenters. The molecular weight excluding hydrogens is 726 g/mol. The monoisotopic (exact) mass is 765 g/mol. The predicted octanol–water partition coefficient (Wildman–Crippen LogP) is 7.79. The number of hydrogen-bond donors (Lipinski definition) is 1. The van der Waals surface area contributed by atoms with Gasteiger partial charge < -0.3 is 15.0 Å². The summed E-state index contributed by atoms with van der Waals surface area (Å²) in [6.07, 6.45) is 5.21. The Morgan fingerprint density at radius 1 is 0.898 bits per heavy atom. The Morgan fingerprint density at radius 3 is 2.27 bits per heavy atom. The maximum Gasteiger partial charge on any atom is 0.264 e. The number of hydrogen-bond acceptors (Lipinski definition) is 5. The van der Waals surface area contributed by atoms with E-state index < -0.39 is 28.5 Å². The number of anilines is 1. The van der Waals surface area contributed by atoms with Gasteiger partial charge in [0.15, 0.2) is 0 Å². The van der Waals surface area contributed by atoms with Gasteiger partial charge in [0.2, 0.25) is 11.8 Å². The first kappa shape index (κ1) is 36.4. The molecule has 0 radical (unpaired) electrons. The van der Waals surface area contributed by atoms with Crippen LogP contribution in [0.5, 0.6) is 5.75 Å². The van der Waals surface area contributed by atoms with Crippen molar-refractivity contribution < 1.29 is 22.7 Å². The van der Waals surface area contributed by atoms with Crippen LogP contribution in [-0.4, -0.2) is 50.4 Å². The van der Waals surface area contributed by atoms with Crippen molar-refractivity contribution in [2.45, 2.75) is 69.0 Å². The summed E-state index contributed by atoms with van der Waals surface area (Å²) in [6, 6.07) is 28.7. The number of amides is 2. The van der Waals surface area contributed by atoms with Crippen molar-refractivity contribution in [3.63, 3.8) is 0 Å². The van der Waals surface area contributed by atoms with Crippen LogP contribution in [0.4, 0.5) is 5.69 Å². The third kappa shape index (κ3) is 9.65. The number of para-hydroxylation sites is 2. The van der Waals surface area contributed by atoms with E-state index in [1.54, 1.807) is 31.2 Å². The van der Waals surface area contributed by atoms with E-state index in [1.165, 1.54) is 29.2 Å². The molecule has 0 bridgehead atoms. The van der Waals surface area contributed by atoms with Crippen LogP contribution in [0.2, 0.25) is 5.02 Å². The SMILES string of the molecule is CCOc1ccccc1N(CC(=O)N(Cc1cccc(Br)c1)[C@@H](Cc1ccccc1)C(=O)NC1CCCCC1)S(=O)(=O)c1ccc(Cl)cc1. The molecule has 1 aliphatic carbocycles. The molecule has 0 saturated heterocycles. The van der Waals surface area contributed by atoms with Crippen LogP contribution in [-0.2, 0) is 32.6 Å². The number of ether oxygens (including phenoxy) is 1. The van der Waals surface area contributed by atoms with Gasteiger partial charge in [-0.1, -0.05) is 101 Å². The molecule has 0 heterocycles. The third-order valence-corrected chi connectivity index (χ3v) is 11.1. The Morgan fingerprint density at radius 2 is 1.57 bits per heavy atom. The fraction of sp³-hybridized carbons (Fsp3) is 0.316. The molecule has 8 nitrogen and oxygen atoms in total. The molecule has 0 aliphatic heterocycles. The van der Waals surface area contributed by atoms with Gasteiger partial charge in [0.1, 0.15) is 18.3 Å². The first-order chi connectivity index (χ1) is 23.7. The smallest absolute Gasteiger partial charge is 0.264 e. The Bertz CT molecular complexity index is 1820. The van der Waals surface area contributed by atoms with E-state index in [-0.39, 0.29) is 42.1 Å². The molecule has 4 aromatic carbocycles. The summed E-state index contributed by atoms with van der Waals surface area (Å²) in [7, 11) is -4.31. The number of benzene rings is 4. The third-order valence-electron chi connectivity index (χ3n) is 8.58. The molecule has 1 N–H and O–H groups in total. The number of nitrogens with one attached hydrogen (secondary N) is 1. The molecule has 0 spiro atoms. The summed E-state index contributed by atoms with van der Waals surface area (Å²) in [6.45, 7) is 1.59. The maximum atomic E-state index is 14.8. The van der Waals surface area contributed by atoms with Crippen molar-refractivity contribution in [3.8, 4) is 5.75 Å². The highest BCUT2D eigenvalue weighted by atomic mass is 79.9. The van der Waals surface area contributed by atoms with Gasteiger partial charge in [0.05, 0.1) is 17.2 Å². The Kier molecular flexibility index (Phi) is 12.8. The van der Waals surface area contributed by atoms with Gasteiger partial charge in [-0.15, -0.1) is 0 Å². The summed E-state index contributed by atoms with van der Waals surface area (Å²) >= 11 is 9.64. The molecule has 5 rings (SSSR count). The highest BCUT2D eigenvalue weighted by Gasteiger charge is 2.36. The highest BCUT2D eigenvalue weighted by molar-refractivity contribution is 9.10. The number of nitrogens with zero attached hydrogens (tertiary/aromatic N) is 2. The average molecular weight is 767 g/mol. The Balaban J connectivity index is 1.59. The van der Waals surface area contributed by atoms with Gasteiger partial charge in [-0.2, -0.15) is 0 Å². The van der Waals surface area contributed by atoms with Crippen molar-refractivity contribution in [3.05, 3.63) is 124 Å². The molecule has 4 aromatic rings. The highest BCUT2D eigenvalue weighted by Crippen LogP contribution is 2.33. The van der Waals surface area contributed by atoms with E-state index in [1.807, 2.05) is 54.6 Å². The van der Waals surface area contributed by atoms with E-state index in [2.05, 4.69) is 21.2 Å². The van der Waals surface area contributed by atoms with Gasteiger partial charge in [-0.05, 0) is 79.4 Å². The van der Waals surface area contributed by atoms with Gasteiger partial charge in [0, 0.05) is 28.5 Å². The molecule has 49 heavy (non-hydrogen) atoms. The van der Waals surface area contributed by atoms with Gasteiger partial charge in [-0.3, -0.25) is 13.9 Å². The van der Waals surface area contributed by atoms with Crippen LogP contribution in [0.15, 0.2) is 112 Å². The summed E-state index contributed by atoms with van der Waals surface area (Å²) in [5, 5.41) is 3.62. The van der Waals surface area contributed by atoms with Crippen molar-refractivity contribution in [2.24, 2.45) is 0 Å². The molecule has 1 fully saturated rings. The number of halogens is 2. The van der Waals surface area contributed by atoms with E-state index >= 15 is 0 Å². The lowest BCUT2D eigenvalue weighted by Crippen LogP contribution is -2.55. The molecule has 11 heteroatoms. The molecule has 1 saturated carbocycles. The fourth-order valence-corrected chi connectivity index (χ4v) is 8.12. The topological polar surface area (TPSA) is 96.0 Å². The summed E-state index contributed by atoms with van der Waals surface area (Å²) < 4.78 is 36.5. The maximum absolute atomic E-state index is 14.8. The van der Waals surface area contributed by atoms with Crippen LogP contribution in [0.25, 0.3) is 0 Å². The van der Waals surface area contributed by atoms with E-state index in [0.29, 0.717) is 10.8 Å². The van der Waals surface area contributed by atoms with Crippen molar-refractivity contribution in [1.29, 1.82) is 0 Å². The number of sulfonamides is 1. The molecule has 1 atom stereocenters. The quantitative estimate of drug-likeness (QED) is 0.142. The Labute approximate surface area is 302 Å². The van der Waals surface area contributed by atoms with Crippen LogP contribution < -0.4 is 14.4 Å². The van der Waals surface area contributed by atoms with Crippen LogP contribution in [0.1, 0.15) is 50.2 Å². The zero-order valence-electron chi connectivity index (χ0n) is 27.4. The number of carbonyl (C=O) groups is 2. The average Bonchev–Trinajstić information content (AvgIpc) is 3.10. The number of rotatable bonds is 14. The van der Waals surface area contributed by atoms with E-state index in [0.717, 1.165) is 52.0 Å². The first-order valence-electron chi connectivity index (χ1n) is 16.5. The van der Waals surface area contributed by atoms with Crippen LogP contribution in [0.3, 0.4) is 0 Å². The molecule has 0 aromatic heterocycles. The standard InChI is InChI=1S/C38H41BrClN3O5S/c1-2-48-36-19-10-9-18-34(36)43(49(46,47)33-22-20-31(40)21-23-33)27-37(44)42(26-29-14-11-15-30(39)24-29)35(25-28-12-5-3-6-13-28)38(45)41-32-16-7-4-8-17-32/h3,5-6,9-15,18-24,32,35H,2,4,7-8,16-17,25-27H2,1H3,(H,41,45)/t35-/m0/s1. The van der Waals surface area contributed by atoms with Crippen LogP contribution in [0, 0.1) is 0 Å². The van der Waals surface area contributed by atoms with Crippen molar-refractivity contribution in [1.82, 2.24) is 10.2 Å². The normalized spacial score (nSPS) is 14.1. The molecule has 2 amide bonds. The lowest BCUT2D eigenvalue weighted by atomic mass is 9.94. The van der Waals surface area contributed by atoms with E-state index in [4.69, 9.17) is 16.3 Å². The summed E-state index contributed by atoms with van der Waals surface area (Å²) in [5.41, 5.74) is 1.88. The van der Waals surface area contributed by atoms with Gasteiger partial charge in [-0.25, -0.2) is 8.42 Å². The lowest BCUT2D eigenvalue weighted by Gasteiger charge is -2.35. The first-order valence-corrected chi connectivity index (χ1v) is 19.1. The minimum atomic E-state index is -4.31. The van der Waals surface area contributed by atoms with Crippen molar-refractivity contribution >= 4 is 55.1 Å². The van der Waals surface area contributed by atoms with Crippen molar-refractivity contribution in [2.75, 3.05) is 17.5 Å². The zero-order valence-corrected chi connectivity index (χ0v) is 30.6. The van der Waals surface area contributed by atoms with E-state index in [9.17, 15) is 18.0 Å². The second kappa shape index (κ2) is 17.2. The summed E-state index contributed by atoms with van der Waals surface area (Å²) in [5.74, 6) is -0.491. The largest absolute Gasteiger partial charge is 0.492 e. The molecule has 258 valence electrons. The lowest BCUT2D eigenvalue weighted by molar-refractivity contribution is -0.140. The molecule has 1 aliphatic rings. The minimum Gasteiger partial charge on any atom is -0.492 e. The second-order valence-electron chi connectivity index (χ2n) is 12.1. The van der Waals surface area contributed by atoms with Crippen LogP contribution >= 0.6 is 27.5 Å². The number of carbonyl (C=O) groups excluding carboxylic acids is 2. The Hall–Kier alpha value is -3.86. The predicted molar refractivity (Wildman–Crippen MR) is 197 cm³/mol. The fourth-order valence-electron chi connectivity index (χ4n) is 6.12. The van der Waals surface area contributed by atoms with Gasteiger partial charge in [0.25, 0.3) is 10.0 Å². The second-order valence-corrected chi connectivity index (χ2v) is 15.3. The minimum absolute atomic E-state index is 0.0159.